The van der Waals surface area contributed by atoms with Crippen LogP contribution in [0.3, 0.4) is 0 Å². The Bertz CT molecular complexity index is 504. The summed E-state index contributed by atoms with van der Waals surface area (Å²) in [5, 5.41) is 12.1. The second kappa shape index (κ2) is 5.66. The normalized spacial score (nSPS) is 24.5. The molecule has 0 amide bonds. The SMILES string of the molecule is N/C(=N/O)c1ccncc1N1CCCN2CCCC2C1. The van der Waals surface area contributed by atoms with Gasteiger partial charge in [-0.25, -0.2) is 0 Å². The zero-order valence-corrected chi connectivity index (χ0v) is 11.6. The molecule has 108 valence electrons. The van der Waals surface area contributed by atoms with Crippen molar-refractivity contribution in [2.75, 3.05) is 31.1 Å². The van der Waals surface area contributed by atoms with E-state index in [0.29, 0.717) is 6.04 Å². The van der Waals surface area contributed by atoms with Gasteiger partial charge in [-0.2, -0.15) is 0 Å². The highest BCUT2D eigenvalue weighted by molar-refractivity contribution is 6.02. The van der Waals surface area contributed by atoms with Crippen molar-refractivity contribution in [3.05, 3.63) is 24.0 Å². The second-order valence-electron chi connectivity index (χ2n) is 5.51. The summed E-state index contributed by atoms with van der Waals surface area (Å²) in [5.74, 6) is 0.148. The molecule has 6 heteroatoms. The summed E-state index contributed by atoms with van der Waals surface area (Å²) in [7, 11) is 0. The number of pyridine rings is 1. The van der Waals surface area contributed by atoms with E-state index in [1.807, 2.05) is 12.3 Å². The highest BCUT2D eigenvalue weighted by Crippen LogP contribution is 2.26. The molecular formula is C14H21N5O. The van der Waals surface area contributed by atoms with Crippen molar-refractivity contribution in [1.29, 1.82) is 0 Å². The molecule has 1 atom stereocenters. The number of fused-ring (bicyclic) bond motifs is 1. The Morgan fingerprint density at radius 1 is 1.35 bits per heavy atom. The Balaban J connectivity index is 1.88. The van der Waals surface area contributed by atoms with E-state index in [4.69, 9.17) is 10.9 Å². The van der Waals surface area contributed by atoms with Crippen LogP contribution < -0.4 is 10.6 Å². The van der Waals surface area contributed by atoms with Crippen LogP contribution >= 0.6 is 0 Å². The summed E-state index contributed by atoms with van der Waals surface area (Å²) in [6.45, 7) is 4.38. The van der Waals surface area contributed by atoms with E-state index in [2.05, 4.69) is 19.9 Å². The number of hydrogen-bond acceptors (Lipinski definition) is 5. The molecule has 1 unspecified atom stereocenters. The van der Waals surface area contributed by atoms with Crippen LogP contribution in [0, 0.1) is 0 Å². The van der Waals surface area contributed by atoms with Crippen LogP contribution in [0.4, 0.5) is 5.69 Å². The highest BCUT2D eigenvalue weighted by atomic mass is 16.4. The Kier molecular flexibility index (Phi) is 3.73. The van der Waals surface area contributed by atoms with Gasteiger partial charge in [0, 0.05) is 37.4 Å². The van der Waals surface area contributed by atoms with Crippen molar-refractivity contribution in [3.63, 3.8) is 0 Å². The average molecular weight is 275 g/mol. The molecule has 1 aromatic heterocycles. The molecule has 0 bridgehead atoms. The molecule has 0 spiro atoms. The first-order chi connectivity index (χ1) is 9.79. The van der Waals surface area contributed by atoms with Crippen LogP contribution in [-0.4, -0.2) is 53.1 Å². The first kappa shape index (κ1) is 13.2. The summed E-state index contributed by atoms with van der Waals surface area (Å²) < 4.78 is 0. The van der Waals surface area contributed by atoms with E-state index in [1.165, 1.54) is 25.9 Å². The number of amidine groups is 1. The van der Waals surface area contributed by atoms with Gasteiger partial charge in [-0.1, -0.05) is 5.16 Å². The standard InChI is InChI=1S/C14H21N5O/c15-14(17-20)12-4-5-16-9-13(12)19-8-2-7-18-6-1-3-11(18)10-19/h4-5,9,11,20H,1-3,6-8,10H2,(H2,15,17). The molecule has 2 saturated heterocycles. The lowest BCUT2D eigenvalue weighted by molar-refractivity contribution is 0.273. The first-order valence-electron chi connectivity index (χ1n) is 7.20. The van der Waals surface area contributed by atoms with Gasteiger partial charge in [0.15, 0.2) is 5.84 Å². The van der Waals surface area contributed by atoms with E-state index in [1.54, 1.807) is 6.20 Å². The van der Waals surface area contributed by atoms with Crippen LogP contribution in [0.1, 0.15) is 24.8 Å². The molecule has 2 aliphatic heterocycles. The smallest absolute Gasteiger partial charge is 0.172 e. The summed E-state index contributed by atoms with van der Waals surface area (Å²) in [6, 6.07) is 2.43. The van der Waals surface area contributed by atoms with Crippen LogP contribution in [0.25, 0.3) is 0 Å². The van der Waals surface area contributed by atoms with Gasteiger partial charge in [-0.15, -0.1) is 0 Å². The molecule has 2 aliphatic rings. The molecular weight excluding hydrogens is 254 g/mol. The molecule has 1 aromatic rings. The third kappa shape index (κ3) is 2.43. The third-order valence-corrected chi connectivity index (χ3v) is 4.33. The van der Waals surface area contributed by atoms with E-state index in [-0.39, 0.29) is 5.84 Å². The summed E-state index contributed by atoms with van der Waals surface area (Å²) in [4.78, 5) is 9.12. The lowest BCUT2D eigenvalue weighted by atomic mass is 10.1. The zero-order valence-electron chi connectivity index (χ0n) is 11.6. The fourth-order valence-corrected chi connectivity index (χ4v) is 3.33. The molecule has 20 heavy (non-hydrogen) atoms. The Labute approximate surface area is 118 Å². The molecule has 3 rings (SSSR count). The molecule has 0 aliphatic carbocycles. The van der Waals surface area contributed by atoms with Gasteiger partial charge in [0.2, 0.25) is 0 Å². The topological polar surface area (TPSA) is 78.0 Å². The minimum absolute atomic E-state index is 0.148. The van der Waals surface area contributed by atoms with Crippen molar-refractivity contribution >= 4 is 11.5 Å². The van der Waals surface area contributed by atoms with Crippen LogP contribution in [0.5, 0.6) is 0 Å². The zero-order chi connectivity index (χ0) is 13.9. The predicted molar refractivity (Wildman–Crippen MR) is 78.2 cm³/mol. The maximum absolute atomic E-state index is 8.93. The monoisotopic (exact) mass is 275 g/mol. The number of aromatic nitrogens is 1. The Morgan fingerprint density at radius 3 is 3.05 bits per heavy atom. The third-order valence-electron chi connectivity index (χ3n) is 4.33. The maximum Gasteiger partial charge on any atom is 0.172 e. The molecule has 0 radical (unpaired) electrons. The fraction of sp³-hybridized carbons (Fsp3) is 0.571. The van der Waals surface area contributed by atoms with Crippen molar-refractivity contribution in [2.45, 2.75) is 25.3 Å². The lowest BCUT2D eigenvalue weighted by Crippen LogP contribution is -2.37. The van der Waals surface area contributed by atoms with Gasteiger partial charge in [-0.3, -0.25) is 9.88 Å². The van der Waals surface area contributed by atoms with Gasteiger partial charge in [0.05, 0.1) is 11.9 Å². The summed E-state index contributed by atoms with van der Waals surface area (Å²) >= 11 is 0. The van der Waals surface area contributed by atoms with Crippen molar-refractivity contribution < 1.29 is 5.21 Å². The second-order valence-corrected chi connectivity index (χ2v) is 5.51. The van der Waals surface area contributed by atoms with E-state index >= 15 is 0 Å². The van der Waals surface area contributed by atoms with Gasteiger partial charge in [0.25, 0.3) is 0 Å². The summed E-state index contributed by atoms with van der Waals surface area (Å²) in [5.41, 5.74) is 7.51. The number of hydrogen-bond donors (Lipinski definition) is 2. The number of nitrogens with two attached hydrogens (primary N) is 1. The Hall–Kier alpha value is -1.82. The minimum Gasteiger partial charge on any atom is -0.409 e. The van der Waals surface area contributed by atoms with E-state index in [9.17, 15) is 0 Å². The van der Waals surface area contributed by atoms with Crippen LogP contribution in [0.2, 0.25) is 0 Å². The maximum atomic E-state index is 8.93. The van der Waals surface area contributed by atoms with E-state index in [0.717, 1.165) is 30.8 Å². The van der Waals surface area contributed by atoms with Crippen LogP contribution in [0.15, 0.2) is 23.6 Å². The van der Waals surface area contributed by atoms with E-state index < -0.39 is 0 Å². The number of anilines is 1. The van der Waals surface area contributed by atoms with Gasteiger partial charge >= 0.3 is 0 Å². The van der Waals surface area contributed by atoms with Crippen molar-refractivity contribution in [3.8, 4) is 0 Å². The Morgan fingerprint density at radius 2 is 2.20 bits per heavy atom. The largest absolute Gasteiger partial charge is 0.409 e. The van der Waals surface area contributed by atoms with Gasteiger partial charge in [-0.05, 0) is 31.9 Å². The fourth-order valence-electron chi connectivity index (χ4n) is 3.33. The molecule has 0 aromatic carbocycles. The van der Waals surface area contributed by atoms with Gasteiger partial charge in [0.1, 0.15) is 0 Å². The van der Waals surface area contributed by atoms with Crippen LogP contribution in [-0.2, 0) is 0 Å². The lowest BCUT2D eigenvalue weighted by Gasteiger charge is -2.28. The number of nitrogens with zero attached hydrogens (tertiary/aromatic N) is 4. The quantitative estimate of drug-likeness (QED) is 0.362. The van der Waals surface area contributed by atoms with Crippen molar-refractivity contribution in [1.82, 2.24) is 9.88 Å². The predicted octanol–water partition coefficient (Wildman–Crippen LogP) is 0.851. The highest BCUT2D eigenvalue weighted by Gasteiger charge is 2.29. The molecule has 3 N–H and O–H groups in total. The molecule has 2 fully saturated rings. The summed E-state index contributed by atoms with van der Waals surface area (Å²) in [6.07, 6.45) is 7.18. The minimum atomic E-state index is 0.148. The number of oxime groups is 1. The molecule has 3 heterocycles. The average Bonchev–Trinajstić information content (AvgIpc) is 2.83. The van der Waals surface area contributed by atoms with Crippen molar-refractivity contribution in [2.24, 2.45) is 10.9 Å². The first-order valence-corrected chi connectivity index (χ1v) is 7.20. The molecule has 6 nitrogen and oxygen atoms in total. The molecule has 0 saturated carbocycles. The number of rotatable bonds is 2. The van der Waals surface area contributed by atoms with Gasteiger partial charge < -0.3 is 15.8 Å².